The van der Waals surface area contributed by atoms with Gasteiger partial charge in [-0.05, 0) is 75.2 Å². The van der Waals surface area contributed by atoms with Crippen molar-refractivity contribution in [1.82, 2.24) is 0 Å². The van der Waals surface area contributed by atoms with Gasteiger partial charge in [0, 0.05) is 0 Å². The smallest absolute Gasteiger partial charge is 0.109 e. The topological polar surface area (TPSA) is 9.23 Å². The summed E-state index contributed by atoms with van der Waals surface area (Å²) in [4.78, 5) is 0. The molecule has 0 radical (unpaired) electrons. The molecule has 4 aliphatic carbocycles. The van der Waals surface area contributed by atoms with Crippen molar-refractivity contribution in [2.24, 2.45) is 17.8 Å². The summed E-state index contributed by atoms with van der Waals surface area (Å²) in [5, 5.41) is 0. The zero-order chi connectivity index (χ0) is 11.2. The molecular formula is C15H24O. The zero-order valence-electron chi connectivity index (χ0n) is 10.7. The lowest BCUT2D eigenvalue weighted by Crippen LogP contribution is -2.51. The third kappa shape index (κ3) is 1.78. The van der Waals surface area contributed by atoms with Gasteiger partial charge < -0.3 is 4.74 Å². The number of rotatable bonds is 3. The van der Waals surface area contributed by atoms with Crippen LogP contribution in [-0.2, 0) is 4.74 Å². The van der Waals surface area contributed by atoms with Crippen LogP contribution in [0.25, 0.3) is 0 Å². The Morgan fingerprint density at radius 3 is 2.06 bits per heavy atom. The van der Waals surface area contributed by atoms with Gasteiger partial charge in [-0.3, -0.25) is 0 Å². The minimum absolute atomic E-state index is 0.255. The normalized spacial score (nSPS) is 46.1. The molecule has 0 N–H and O–H groups in total. The fourth-order valence-electron chi connectivity index (χ4n) is 4.48. The Hall–Kier alpha value is -0.460. The monoisotopic (exact) mass is 220 g/mol. The van der Waals surface area contributed by atoms with E-state index in [1.807, 2.05) is 0 Å². The first kappa shape index (κ1) is 10.7. The molecule has 4 bridgehead atoms. The minimum atomic E-state index is 0.255. The molecule has 0 spiro atoms. The number of hydrogen-bond acceptors (Lipinski definition) is 1. The summed E-state index contributed by atoms with van der Waals surface area (Å²) < 4.78 is 6.23. The fraction of sp³-hybridized carbons (Fsp3) is 0.867. The molecule has 16 heavy (non-hydrogen) atoms. The van der Waals surface area contributed by atoms with Gasteiger partial charge >= 0.3 is 0 Å². The molecule has 0 saturated heterocycles. The second-order valence-corrected chi connectivity index (χ2v) is 6.54. The zero-order valence-corrected chi connectivity index (χ0v) is 10.7. The van der Waals surface area contributed by atoms with Crippen LogP contribution in [-0.4, -0.2) is 5.60 Å². The summed E-state index contributed by atoms with van der Waals surface area (Å²) >= 11 is 0. The number of ether oxygens (including phenoxy) is 1. The van der Waals surface area contributed by atoms with E-state index in [9.17, 15) is 0 Å². The molecule has 0 amide bonds. The van der Waals surface area contributed by atoms with Gasteiger partial charge in [-0.2, -0.15) is 0 Å². The third-order valence-corrected chi connectivity index (χ3v) is 5.05. The summed E-state index contributed by atoms with van der Waals surface area (Å²) in [6.07, 6.45) is 11.7. The van der Waals surface area contributed by atoms with Gasteiger partial charge in [-0.15, -0.1) is 0 Å². The maximum absolute atomic E-state index is 6.23. The molecule has 0 heterocycles. The van der Waals surface area contributed by atoms with Crippen molar-refractivity contribution in [3.8, 4) is 0 Å². The van der Waals surface area contributed by atoms with Crippen LogP contribution >= 0.6 is 0 Å². The molecule has 1 heteroatoms. The van der Waals surface area contributed by atoms with Crippen LogP contribution in [0.1, 0.15) is 58.8 Å². The van der Waals surface area contributed by atoms with E-state index in [-0.39, 0.29) is 5.60 Å². The van der Waals surface area contributed by atoms with Crippen molar-refractivity contribution in [3.05, 3.63) is 11.8 Å². The predicted octanol–water partition coefficient (Wildman–Crippen LogP) is 4.29. The van der Waals surface area contributed by atoms with Crippen LogP contribution in [0.3, 0.4) is 0 Å². The summed E-state index contributed by atoms with van der Waals surface area (Å²) in [5.74, 6) is 2.96. The minimum Gasteiger partial charge on any atom is -0.495 e. The Bertz CT molecular complexity index is 267. The van der Waals surface area contributed by atoms with E-state index in [0.717, 1.165) is 24.2 Å². The van der Waals surface area contributed by atoms with E-state index < -0.39 is 0 Å². The Labute approximate surface area is 99.3 Å². The summed E-state index contributed by atoms with van der Waals surface area (Å²) in [5.41, 5.74) is 1.64. The van der Waals surface area contributed by atoms with Crippen molar-refractivity contribution in [2.45, 2.75) is 64.4 Å². The van der Waals surface area contributed by atoms with Crippen LogP contribution in [0.15, 0.2) is 11.8 Å². The molecule has 0 aromatic rings. The average Bonchev–Trinajstić information content (AvgIpc) is 2.24. The summed E-state index contributed by atoms with van der Waals surface area (Å²) in [7, 11) is 0. The highest BCUT2D eigenvalue weighted by Gasteiger charge is 2.52. The Morgan fingerprint density at radius 2 is 1.62 bits per heavy atom. The predicted molar refractivity (Wildman–Crippen MR) is 66.0 cm³/mol. The Balaban J connectivity index is 1.73. The molecule has 4 fully saturated rings. The standard InChI is InChI=1S/C15H24O/c1-3-11(2)10-16-15-7-12-4-13(8-15)6-14(5-12)9-15/h10,12-14H,3-9H2,1-2H3. The van der Waals surface area contributed by atoms with E-state index in [4.69, 9.17) is 4.74 Å². The van der Waals surface area contributed by atoms with Crippen molar-refractivity contribution in [2.75, 3.05) is 0 Å². The Morgan fingerprint density at radius 1 is 1.12 bits per heavy atom. The van der Waals surface area contributed by atoms with E-state index in [2.05, 4.69) is 20.1 Å². The average molecular weight is 220 g/mol. The van der Waals surface area contributed by atoms with Crippen LogP contribution in [0.2, 0.25) is 0 Å². The van der Waals surface area contributed by atoms with Crippen molar-refractivity contribution in [1.29, 1.82) is 0 Å². The molecule has 4 aliphatic rings. The molecule has 4 saturated carbocycles. The van der Waals surface area contributed by atoms with Crippen LogP contribution in [0.5, 0.6) is 0 Å². The second kappa shape index (κ2) is 3.78. The van der Waals surface area contributed by atoms with E-state index in [0.29, 0.717) is 0 Å². The molecule has 0 aromatic heterocycles. The highest BCUT2D eigenvalue weighted by Crippen LogP contribution is 2.57. The lowest BCUT2D eigenvalue weighted by molar-refractivity contribution is -0.130. The summed E-state index contributed by atoms with van der Waals surface area (Å²) in [6.45, 7) is 4.38. The van der Waals surface area contributed by atoms with Crippen LogP contribution in [0, 0.1) is 17.8 Å². The molecule has 4 rings (SSSR count). The first-order valence-corrected chi connectivity index (χ1v) is 7.02. The molecule has 0 atom stereocenters. The van der Waals surface area contributed by atoms with E-state index >= 15 is 0 Å². The third-order valence-electron chi connectivity index (χ3n) is 5.05. The fourth-order valence-corrected chi connectivity index (χ4v) is 4.48. The molecular weight excluding hydrogens is 196 g/mol. The molecule has 0 unspecified atom stereocenters. The van der Waals surface area contributed by atoms with Crippen molar-refractivity contribution < 1.29 is 4.74 Å². The molecule has 1 nitrogen and oxygen atoms in total. The first-order chi connectivity index (χ1) is 7.69. The van der Waals surface area contributed by atoms with Gasteiger partial charge in [0.1, 0.15) is 5.60 Å². The Kier molecular flexibility index (Phi) is 2.53. The lowest BCUT2D eigenvalue weighted by Gasteiger charge is -2.55. The number of hydrogen-bond donors (Lipinski definition) is 0. The van der Waals surface area contributed by atoms with Gasteiger partial charge in [0.05, 0.1) is 6.26 Å². The molecule has 0 aliphatic heterocycles. The van der Waals surface area contributed by atoms with Gasteiger partial charge in [0.15, 0.2) is 0 Å². The van der Waals surface area contributed by atoms with Gasteiger partial charge in [0.2, 0.25) is 0 Å². The van der Waals surface area contributed by atoms with E-state index in [1.165, 1.54) is 44.1 Å². The first-order valence-electron chi connectivity index (χ1n) is 7.02. The molecule has 0 aromatic carbocycles. The van der Waals surface area contributed by atoms with E-state index in [1.54, 1.807) is 0 Å². The second-order valence-electron chi connectivity index (χ2n) is 6.54. The van der Waals surface area contributed by atoms with Crippen LogP contribution < -0.4 is 0 Å². The van der Waals surface area contributed by atoms with Gasteiger partial charge in [-0.1, -0.05) is 6.92 Å². The van der Waals surface area contributed by atoms with Crippen molar-refractivity contribution in [3.63, 3.8) is 0 Å². The molecule has 90 valence electrons. The maximum Gasteiger partial charge on any atom is 0.109 e. The van der Waals surface area contributed by atoms with Crippen molar-refractivity contribution >= 4 is 0 Å². The SMILES string of the molecule is CCC(C)=COC12CC3CC(CC(C3)C1)C2. The quantitative estimate of drug-likeness (QED) is 0.645. The maximum atomic E-state index is 6.23. The summed E-state index contributed by atoms with van der Waals surface area (Å²) in [6, 6.07) is 0. The largest absolute Gasteiger partial charge is 0.495 e. The lowest BCUT2D eigenvalue weighted by atomic mass is 9.54. The number of allylic oxidation sites excluding steroid dienone is 1. The van der Waals surface area contributed by atoms with Gasteiger partial charge in [0.25, 0.3) is 0 Å². The van der Waals surface area contributed by atoms with Crippen LogP contribution in [0.4, 0.5) is 0 Å². The van der Waals surface area contributed by atoms with Gasteiger partial charge in [-0.25, -0.2) is 0 Å². The highest BCUT2D eigenvalue weighted by molar-refractivity contribution is 5.05. The highest BCUT2D eigenvalue weighted by atomic mass is 16.5.